The molecule has 0 fully saturated rings. The number of nitrogens with one attached hydrogen (secondary N) is 1. The smallest absolute Gasteiger partial charge is 0.325 e. The third-order valence-corrected chi connectivity index (χ3v) is 1.69. The summed E-state index contributed by atoms with van der Waals surface area (Å²) in [5.41, 5.74) is 0.348. The standard InChI is InChI=1S/C8H11N3O3/c1-5(8(13)14)10-7(12)6-3-9-11(2)4-6/h3-5H,1-2H3,(H,10,12)(H,13,14)/t5-/m1/s1. The van der Waals surface area contributed by atoms with Gasteiger partial charge in [0.05, 0.1) is 11.8 Å². The van der Waals surface area contributed by atoms with Gasteiger partial charge in [0, 0.05) is 13.2 Å². The van der Waals surface area contributed by atoms with E-state index >= 15 is 0 Å². The van der Waals surface area contributed by atoms with E-state index in [1.165, 1.54) is 24.0 Å². The fourth-order valence-electron chi connectivity index (χ4n) is 0.880. The topological polar surface area (TPSA) is 84.2 Å². The molecule has 0 aliphatic carbocycles. The number of carboxylic acid groups (broad SMARTS) is 1. The number of aromatic nitrogens is 2. The summed E-state index contributed by atoms with van der Waals surface area (Å²) in [5.74, 6) is -1.50. The zero-order chi connectivity index (χ0) is 10.7. The lowest BCUT2D eigenvalue weighted by molar-refractivity contribution is -0.138. The molecule has 0 saturated carbocycles. The Bertz CT molecular complexity index is 358. The van der Waals surface area contributed by atoms with Crippen molar-refractivity contribution in [1.29, 1.82) is 0 Å². The molecule has 6 heteroatoms. The first-order valence-electron chi connectivity index (χ1n) is 4.03. The van der Waals surface area contributed by atoms with E-state index in [1.807, 2.05) is 0 Å². The zero-order valence-corrected chi connectivity index (χ0v) is 7.89. The van der Waals surface area contributed by atoms with Crippen molar-refractivity contribution in [1.82, 2.24) is 15.1 Å². The summed E-state index contributed by atoms with van der Waals surface area (Å²) in [6.07, 6.45) is 2.90. The number of carboxylic acids is 1. The first-order chi connectivity index (χ1) is 6.50. The first kappa shape index (κ1) is 10.2. The maximum atomic E-state index is 11.3. The van der Waals surface area contributed by atoms with Crippen LogP contribution in [0.4, 0.5) is 0 Å². The molecule has 1 heterocycles. The lowest BCUT2D eigenvalue weighted by atomic mass is 10.3. The van der Waals surface area contributed by atoms with Crippen LogP contribution in [0.5, 0.6) is 0 Å². The largest absolute Gasteiger partial charge is 0.480 e. The van der Waals surface area contributed by atoms with E-state index in [4.69, 9.17) is 5.11 Å². The van der Waals surface area contributed by atoms with E-state index < -0.39 is 17.9 Å². The monoisotopic (exact) mass is 197 g/mol. The zero-order valence-electron chi connectivity index (χ0n) is 7.89. The van der Waals surface area contributed by atoms with E-state index in [0.717, 1.165) is 0 Å². The van der Waals surface area contributed by atoms with Gasteiger partial charge in [-0.15, -0.1) is 0 Å². The summed E-state index contributed by atoms with van der Waals surface area (Å²) in [4.78, 5) is 21.8. The summed E-state index contributed by atoms with van der Waals surface area (Å²) in [5, 5.41) is 14.7. The average molecular weight is 197 g/mol. The molecule has 0 bridgehead atoms. The highest BCUT2D eigenvalue weighted by Gasteiger charge is 2.15. The molecule has 0 spiro atoms. The third kappa shape index (κ3) is 2.32. The van der Waals surface area contributed by atoms with Crippen molar-refractivity contribution in [3.8, 4) is 0 Å². The molecule has 0 aliphatic heterocycles. The molecule has 0 aliphatic rings. The van der Waals surface area contributed by atoms with Gasteiger partial charge < -0.3 is 10.4 Å². The molecule has 1 amide bonds. The number of aryl methyl sites for hydroxylation is 1. The summed E-state index contributed by atoms with van der Waals surface area (Å²) >= 11 is 0. The molecule has 6 nitrogen and oxygen atoms in total. The number of hydrogen-bond acceptors (Lipinski definition) is 3. The van der Waals surface area contributed by atoms with Crippen molar-refractivity contribution >= 4 is 11.9 Å². The maximum absolute atomic E-state index is 11.3. The molecule has 0 radical (unpaired) electrons. The Morgan fingerprint density at radius 2 is 2.29 bits per heavy atom. The molecular weight excluding hydrogens is 186 g/mol. The molecule has 1 aromatic heterocycles. The highest BCUT2D eigenvalue weighted by atomic mass is 16.4. The lowest BCUT2D eigenvalue weighted by Gasteiger charge is -2.06. The molecule has 1 aromatic rings. The predicted octanol–water partition coefficient (Wildman–Crippen LogP) is -0.377. The summed E-state index contributed by atoms with van der Waals surface area (Å²) in [6, 6.07) is -0.900. The third-order valence-electron chi connectivity index (χ3n) is 1.69. The van der Waals surface area contributed by atoms with E-state index in [0.29, 0.717) is 5.56 Å². The first-order valence-corrected chi connectivity index (χ1v) is 4.03. The van der Waals surface area contributed by atoms with Crippen LogP contribution >= 0.6 is 0 Å². The van der Waals surface area contributed by atoms with Gasteiger partial charge in [-0.1, -0.05) is 0 Å². The molecule has 0 unspecified atom stereocenters. The summed E-state index contributed by atoms with van der Waals surface area (Å²) in [6.45, 7) is 1.40. The van der Waals surface area contributed by atoms with Crippen LogP contribution in [0.1, 0.15) is 17.3 Å². The average Bonchev–Trinajstić information content (AvgIpc) is 2.51. The van der Waals surface area contributed by atoms with Crippen molar-refractivity contribution in [2.24, 2.45) is 7.05 Å². The van der Waals surface area contributed by atoms with Crippen LogP contribution in [0.2, 0.25) is 0 Å². The van der Waals surface area contributed by atoms with E-state index in [-0.39, 0.29) is 0 Å². The van der Waals surface area contributed by atoms with Gasteiger partial charge in [-0.25, -0.2) is 0 Å². The van der Waals surface area contributed by atoms with Crippen molar-refractivity contribution in [2.75, 3.05) is 0 Å². The van der Waals surface area contributed by atoms with Gasteiger partial charge in [0.15, 0.2) is 0 Å². The number of amides is 1. The van der Waals surface area contributed by atoms with Gasteiger partial charge in [-0.2, -0.15) is 5.10 Å². The van der Waals surface area contributed by atoms with Crippen molar-refractivity contribution in [3.05, 3.63) is 18.0 Å². The quantitative estimate of drug-likeness (QED) is 0.692. The second-order valence-electron chi connectivity index (χ2n) is 2.94. The number of nitrogens with zero attached hydrogens (tertiary/aromatic N) is 2. The van der Waals surface area contributed by atoms with E-state index in [2.05, 4.69) is 10.4 Å². The Morgan fingerprint density at radius 3 is 2.71 bits per heavy atom. The molecular formula is C8H11N3O3. The van der Waals surface area contributed by atoms with Crippen molar-refractivity contribution < 1.29 is 14.7 Å². The van der Waals surface area contributed by atoms with Gasteiger partial charge in [0.1, 0.15) is 6.04 Å². The summed E-state index contributed by atoms with van der Waals surface area (Å²) in [7, 11) is 1.68. The van der Waals surface area contributed by atoms with Gasteiger partial charge in [-0.05, 0) is 6.92 Å². The predicted molar refractivity (Wildman–Crippen MR) is 47.8 cm³/mol. The minimum absolute atomic E-state index is 0.348. The molecule has 1 atom stereocenters. The van der Waals surface area contributed by atoms with Crippen LogP contribution in [-0.2, 0) is 11.8 Å². The van der Waals surface area contributed by atoms with Gasteiger partial charge in [-0.3, -0.25) is 14.3 Å². The highest BCUT2D eigenvalue weighted by Crippen LogP contribution is 1.96. The minimum Gasteiger partial charge on any atom is -0.480 e. The second kappa shape index (κ2) is 3.91. The Balaban J connectivity index is 2.63. The van der Waals surface area contributed by atoms with E-state index in [9.17, 15) is 9.59 Å². The number of carbonyl (C=O) groups is 2. The Kier molecular flexibility index (Phi) is 2.85. The van der Waals surface area contributed by atoms with Crippen molar-refractivity contribution in [2.45, 2.75) is 13.0 Å². The highest BCUT2D eigenvalue weighted by molar-refractivity contribution is 5.96. The molecule has 0 aromatic carbocycles. The molecule has 0 saturated heterocycles. The number of aliphatic carboxylic acids is 1. The molecule has 2 N–H and O–H groups in total. The molecule has 14 heavy (non-hydrogen) atoms. The van der Waals surface area contributed by atoms with Gasteiger partial charge >= 0.3 is 5.97 Å². The molecule has 76 valence electrons. The lowest BCUT2D eigenvalue weighted by Crippen LogP contribution is -2.38. The fourth-order valence-corrected chi connectivity index (χ4v) is 0.880. The summed E-state index contributed by atoms with van der Waals surface area (Å²) < 4.78 is 1.47. The van der Waals surface area contributed by atoms with Crippen LogP contribution in [0, 0.1) is 0 Å². The Labute approximate surface area is 80.5 Å². The van der Waals surface area contributed by atoms with E-state index in [1.54, 1.807) is 7.05 Å². The SMILES string of the molecule is C[C@@H](NC(=O)c1cnn(C)c1)C(=O)O. The van der Waals surface area contributed by atoms with Crippen LogP contribution in [-0.4, -0.2) is 32.8 Å². The maximum Gasteiger partial charge on any atom is 0.325 e. The fraction of sp³-hybridized carbons (Fsp3) is 0.375. The number of carbonyl (C=O) groups excluding carboxylic acids is 1. The van der Waals surface area contributed by atoms with Crippen LogP contribution in [0.3, 0.4) is 0 Å². The minimum atomic E-state index is -1.07. The number of rotatable bonds is 3. The van der Waals surface area contributed by atoms with Gasteiger partial charge in [0.25, 0.3) is 5.91 Å². The Morgan fingerprint density at radius 1 is 1.64 bits per heavy atom. The van der Waals surface area contributed by atoms with Gasteiger partial charge in [0.2, 0.25) is 0 Å². The molecule has 1 rings (SSSR count). The van der Waals surface area contributed by atoms with Crippen LogP contribution in [0.25, 0.3) is 0 Å². The Hall–Kier alpha value is -1.85. The van der Waals surface area contributed by atoms with Crippen molar-refractivity contribution in [3.63, 3.8) is 0 Å². The van der Waals surface area contributed by atoms with Crippen LogP contribution < -0.4 is 5.32 Å². The number of hydrogen-bond donors (Lipinski definition) is 2. The van der Waals surface area contributed by atoms with Crippen LogP contribution in [0.15, 0.2) is 12.4 Å². The second-order valence-corrected chi connectivity index (χ2v) is 2.94. The normalized spacial score (nSPS) is 12.1.